The van der Waals surface area contributed by atoms with Crippen LogP contribution in [0.3, 0.4) is 0 Å². The summed E-state index contributed by atoms with van der Waals surface area (Å²) in [6.45, 7) is 10.5. The number of fused-ring (bicyclic) bond motifs is 1. The zero-order valence-electron chi connectivity index (χ0n) is 23.8. The molecule has 0 saturated carbocycles. The fraction of sp³-hybridized carbons (Fsp3) is 0.355. The fourth-order valence-corrected chi connectivity index (χ4v) is 6.38. The highest BCUT2D eigenvalue weighted by Gasteiger charge is 2.31. The van der Waals surface area contributed by atoms with Gasteiger partial charge < -0.3 is 10.1 Å². The van der Waals surface area contributed by atoms with Crippen molar-refractivity contribution in [1.29, 1.82) is 0 Å². The van der Waals surface area contributed by atoms with Crippen molar-refractivity contribution in [1.82, 2.24) is 19.2 Å². The molecule has 1 aromatic heterocycles. The Morgan fingerprint density at radius 2 is 1.52 bits per heavy atom. The van der Waals surface area contributed by atoms with Crippen LogP contribution in [-0.2, 0) is 15.4 Å². The molecule has 5 rings (SSSR count). The van der Waals surface area contributed by atoms with Crippen molar-refractivity contribution in [3.8, 4) is 5.75 Å². The Labute approximate surface area is 237 Å². The average molecular weight is 560 g/mol. The summed E-state index contributed by atoms with van der Waals surface area (Å²) in [5, 5.41) is 4.37. The number of benzene rings is 3. The second-order valence-corrected chi connectivity index (χ2v) is 13.1. The lowest BCUT2D eigenvalue weighted by Gasteiger charge is -2.37. The molecule has 1 N–H and O–H groups in total. The molecule has 0 amide bonds. The SMILES string of the molecule is COc1ccc(Nc2nc([C@@H](C)N3CCN(S(=O)(=O)c4ccc(C(C)(C)C)cc4)CC3)nc3ccccc23)cc1. The summed E-state index contributed by atoms with van der Waals surface area (Å²) in [6, 6.07) is 22.9. The van der Waals surface area contributed by atoms with Crippen molar-refractivity contribution >= 4 is 32.4 Å². The minimum Gasteiger partial charge on any atom is -0.497 e. The number of nitrogens with zero attached hydrogens (tertiary/aromatic N) is 4. The third-order valence-electron chi connectivity index (χ3n) is 7.53. The van der Waals surface area contributed by atoms with Crippen LogP contribution >= 0.6 is 0 Å². The lowest BCUT2D eigenvalue weighted by atomic mass is 9.87. The maximum Gasteiger partial charge on any atom is 0.243 e. The van der Waals surface area contributed by atoms with Gasteiger partial charge in [0.2, 0.25) is 10.0 Å². The number of sulfonamides is 1. The van der Waals surface area contributed by atoms with Gasteiger partial charge in [-0.25, -0.2) is 18.4 Å². The summed E-state index contributed by atoms with van der Waals surface area (Å²) in [5.41, 5.74) is 2.84. The Balaban J connectivity index is 1.32. The number of ether oxygens (including phenoxy) is 1. The van der Waals surface area contributed by atoms with Gasteiger partial charge in [0.1, 0.15) is 17.4 Å². The van der Waals surface area contributed by atoms with E-state index in [2.05, 4.69) is 37.9 Å². The molecule has 0 radical (unpaired) electrons. The predicted molar refractivity (Wildman–Crippen MR) is 160 cm³/mol. The van der Waals surface area contributed by atoms with Crippen molar-refractivity contribution < 1.29 is 13.2 Å². The molecular formula is C31H37N5O3S. The highest BCUT2D eigenvalue weighted by molar-refractivity contribution is 7.89. The standard InChI is InChI=1S/C31H37N5O3S/c1-22(35-18-20-36(21-19-35)40(37,38)26-16-10-23(11-17-26)31(2,3)4)29-33-28-9-7-6-8-27(28)30(34-29)32-24-12-14-25(39-5)15-13-24/h6-17,22H,18-21H2,1-5H3,(H,32,33,34)/t22-/m1/s1. The largest absolute Gasteiger partial charge is 0.497 e. The van der Waals surface area contributed by atoms with Gasteiger partial charge in [-0.05, 0) is 66.4 Å². The first kappa shape index (κ1) is 28.0. The van der Waals surface area contributed by atoms with Gasteiger partial charge in [-0.15, -0.1) is 0 Å². The molecule has 40 heavy (non-hydrogen) atoms. The second kappa shape index (κ2) is 11.2. The Kier molecular flexibility index (Phi) is 7.81. The van der Waals surface area contributed by atoms with Crippen LogP contribution in [0.5, 0.6) is 5.75 Å². The van der Waals surface area contributed by atoms with E-state index >= 15 is 0 Å². The zero-order valence-corrected chi connectivity index (χ0v) is 24.6. The lowest BCUT2D eigenvalue weighted by Crippen LogP contribution is -2.49. The smallest absolute Gasteiger partial charge is 0.243 e. The van der Waals surface area contributed by atoms with E-state index in [0.29, 0.717) is 36.9 Å². The maximum atomic E-state index is 13.4. The van der Waals surface area contributed by atoms with Crippen molar-refractivity contribution in [3.63, 3.8) is 0 Å². The van der Waals surface area contributed by atoms with Gasteiger partial charge in [0, 0.05) is 37.3 Å². The maximum absolute atomic E-state index is 13.4. The molecule has 0 spiro atoms. The summed E-state index contributed by atoms with van der Waals surface area (Å²) >= 11 is 0. The first-order valence-corrected chi connectivity index (χ1v) is 15.0. The summed E-state index contributed by atoms with van der Waals surface area (Å²) < 4.78 is 33.6. The molecule has 1 atom stereocenters. The summed E-state index contributed by atoms with van der Waals surface area (Å²) in [7, 11) is -1.91. The summed E-state index contributed by atoms with van der Waals surface area (Å²) in [4.78, 5) is 12.4. The third kappa shape index (κ3) is 5.82. The molecule has 0 aliphatic carbocycles. The number of piperazine rings is 1. The minimum atomic E-state index is -3.56. The number of para-hydroxylation sites is 1. The Morgan fingerprint density at radius 1 is 0.875 bits per heavy atom. The second-order valence-electron chi connectivity index (χ2n) is 11.2. The Bertz CT molecular complexity index is 1570. The number of anilines is 2. The third-order valence-corrected chi connectivity index (χ3v) is 9.44. The molecule has 1 fully saturated rings. The van der Waals surface area contributed by atoms with Gasteiger partial charge in [0.15, 0.2) is 0 Å². The molecule has 0 bridgehead atoms. The molecule has 1 saturated heterocycles. The van der Waals surface area contributed by atoms with E-state index in [1.165, 1.54) is 0 Å². The van der Waals surface area contributed by atoms with Gasteiger partial charge in [-0.1, -0.05) is 45.0 Å². The first-order chi connectivity index (χ1) is 19.1. The van der Waals surface area contributed by atoms with E-state index in [9.17, 15) is 8.42 Å². The van der Waals surface area contributed by atoms with Gasteiger partial charge in [-0.3, -0.25) is 4.90 Å². The lowest BCUT2D eigenvalue weighted by molar-refractivity contribution is 0.141. The molecule has 4 aromatic rings. The molecule has 2 heterocycles. The van der Waals surface area contributed by atoms with E-state index in [4.69, 9.17) is 14.7 Å². The van der Waals surface area contributed by atoms with E-state index in [-0.39, 0.29) is 11.5 Å². The van der Waals surface area contributed by atoms with E-state index < -0.39 is 10.0 Å². The van der Waals surface area contributed by atoms with E-state index in [1.807, 2.05) is 60.7 Å². The van der Waals surface area contributed by atoms with Crippen LogP contribution in [0.4, 0.5) is 11.5 Å². The molecule has 210 valence electrons. The van der Waals surface area contributed by atoms with Crippen LogP contribution in [0, 0.1) is 0 Å². The highest BCUT2D eigenvalue weighted by atomic mass is 32.2. The number of aromatic nitrogens is 2. The average Bonchev–Trinajstić information content (AvgIpc) is 2.97. The quantitative estimate of drug-likeness (QED) is 0.309. The number of hydrogen-bond acceptors (Lipinski definition) is 7. The van der Waals surface area contributed by atoms with Gasteiger partial charge >= 0.3 is 0 Å². The molecule has 9 heteroatoms. The molecular weight excluding hydrogens is 522 g/mol. The Morgan fingerprint density at radius 3 is 2.15 bits per heavy atom. The minimum absolute atomic E-state index is 0.0289. The molecule has 0 unspecified atom stereocenters. The van der Waals surface area contributed by atoms with Crippen LogP contribution in [0.1, 0.15) is 45.1 Å². The molecule has 3 aromatic carbocycles. The van der Waals surface area contributed by atoms with E-state index in [1.54, 1.807) is 23.5 Å². The summed E-state index contributed by atoms with van der Waals surface area (Å²) in [5.74, 6) is 2.22. The monoisotopic (exact) mass is 559 g/mol. The van der Waals surface area contributed by atoms with Gasteiger partial charge in [0.05, 0.1) is 23.6 Å². The first-order valence-electron chi connectivity index (χ1n) is 13.6. The van der Waals surface area contributed by atoms with Crippen LogP contribution in [-0.4, -0.2) is 60.9 Å². The van der Waals surface area contributed by atoms with Crippen LogP contribution in [0.2, 0.25) is 0 Å². The van der Waals surface area contributed by atoms with Gasteiger partial charge in [0.25, 0.3) is 0 Å². The Hall–Kier alpha value is -3.53. The van der Waals surface area contributed by atoms with Crippen molar-refractivity contribution in [2.45, 2.75) is 44.0 Å². The number of hydrogen-bond donors (Lipinski definition) is 1. The molecule has 8 nitrogen and oxygen atoms in total. The highest BCUT2D eigenvalue weighted by Crippen LogP contribution is 2.30. The molecule has 1 aliphatic heterocycles. The van der Waals surface area contributed by atoms with Crippen LogP contribution in [0.25, 0.3) is 10.9 Å². The number of methoxy groups -OCH3 is 1. The van der Waals surface area contributed by atoms with Crippen molar-refractivity contribution in [2.75, 3.05) is 38.6 Å². The van der Waals surface area contributed by atoms with E-state index in [0.717, 1.165) is 33.7 Å². The predicted octanol–water partition coefficient (Wildman–Crippen LogP) is 5.75. The topological polar surface area (TPSA) is 87.7 Å². The van der Waals surface area contributed by atoms with Crippen molar-refractivity contribution in [3.05, 3.63) is 84.2 Å². The normalized spacial score (nSPS) is 16.1. The fourth-order valence-electron chi connectivity index (χ4n) is 4.96. The van der Waals surface area contributed by atoms with Gasteiger partial charge in [-0.2, -0.15) is 4.31 Å². The van der Waals surface area contributed by atoms with Crippen molar-refractivity contribution in [2.24, 2.45) is 0 Å². The number of rotatable bonds is 7. The zero-order chi connectivity index (χ0) is 28.5. The summed E-state index contributed by atoms with van der Waals surface area (Å²) in [6.07, 6.45) is 0. The van der Waals surface area contributed by atoms with Crippen LogP contribution < -0.4 is 10.1 Å². The number of nitrogens with one attached hydrogen (secondary N) is 1. The van der Waals surface area contributed by atoms with Crippen LogP contribution in [0.15, 0.2) is 77.7 Å². The molecule has 1 aliphatic rings.